The van der Waals surface area contributed by atoms with Gasteiger partial charge in [-0.1, -0.05) is 13.2 Å². The quantitative estimate of drug-likeness (QED) is 0.370. The molecule has 0 saturated carbocycles. The van der Waals surface area contributed by atoms with Crippen molar-refractivity contribution < 1.29 is 14.3 Å². The molecule has 0 spiro atoms. The van der Waals surface area contributed by atoms with Crippen molar-refractivity contribution in [3.05, 3.63) is 24.3 Å². The van der Waals surface area contributed by atoms with Crippen molar-refractivity contribution in [2.75, 3.05) is 6.61 Å². The third-order valence-corrected chi connectivity index (χ3v) is 1.18. The predicted octanol–water partition coefficient (Wildman–Crippen LogP) is 0.147. The maximum absolute atomic E-state index is 10.9. The van der Waals surface area contributed by atoms with Crippen LogP contribution in [0.5, 0.6) is 0 Å². The van der Waals surface area contributed by atoms with E-state index in [-0.39, 0.29) is 17.8 Å². The van der Waals surface area contributed by atoms with Crippen molar-refractivity contribution in [3.8, 4) is 0 Å². The van der Waals surface area contributed by atoms with E-state index in [0.29, 0.717) is 0 Å². The summed E-state index contributed by atoms with van der Waals surface area (Å²) in [6, 6.07) is 0. The van der Waals surface area contributed by atoms with Gasteiger partial charge in [0.15, 0.2) is 0 Å². The van der Waals surface area contributed by atoms with Gasteiger partial charge in [-0.15, -0.1) is 0 Å². The highest BCUT2D eigenvalue weighted by molar-refractivity contribution is 6.07. The molecule has 0 aliphatic heterocycles. The summed E-state index contributed by atoms with van der Waals surface area (Å²) in [5.41, 5.74) is 4.65. The lowest BCUT2D eigenvalue weighted by Crippen LogP contribution is -2.19. The zero-order valence-electron chi connectivity index (χ0n) is 6.92. The summed E-state index contributed by atoms with van der Waals surface area (Å²) in [7, 11) is 0. The van der Waals surface area contributed by atoms with Crippen LogP contribution in [-0.4, -0.2) is 18.5 Å². The van der Waals surface area contributed by atoms with Gasteiger partial charge in [0.2, 0.25) is 5.91 Å². The molecule has 0 rings (SSSR count). The van der Waals surface area contributed by atoms with Gasteiger partial charge in [0.05, 0.1) is 12.2 Å². The fourth-order valence-corrected chi connectivity index (χ4v) is 0.490. The van der Waals surface area contributed by atoms with Gasteiger partial charge < -0.3 is 10.5 Å². The van der Waals surface area contributed by atoms with Crippen molar-refractivity contribution in [1.29, 1.82) is 0 Å². The van der Waals surface area contributed by atoms with Gasteiger partial charge in [0, 0.05) is 5.57 Å². The fourth-order valence-electron chi connectivity index (χ4n) is 0.490. The average Bonchev–Trinajstić information content (AvgIpc) is 2.02. The van der Waals surface area contributed by atoms with Crippen molar-refractivity contribution in [1.82, 2.24) is 0 Å². The first-order valence-electron chi connectivity index (χ1n) is 3.35. The molecule has 4 heteroatoms. The first kappa shape index (κ1) is 10.4. The molecule has 0 aliphatic rings. The number of carbonyl (C=O) groups is 2. The summed E-state index contributed by atoms with van der Waals surface area (Å²) >= 11 is 0. The van der Waals surface area contributed by atoms with Crippen LogP contribution in [-0.2, 0) is 14.3 Å². The summed E-state index contributed by atoms with van der Waals surface area (Å²) in [5.74, 6) is -1.44. The van der Waals surface area contributed by atoms with Gasteiger partial charge >= 0.3 is 5.97 Å². The summed E-state index contributed by atoms with van der Waals surface area (Å²) in [5, 5.41) is 0. The maximum atomic E-state index is 10.9. The molecule has 4 nitrogen and oxygen atoms in total. The number of primary amides is 1. The lowest BCUT2D eigenvalue weighted by atomic mass is 10.1. The molecule has 0 unspecified atom stereocenters. The van der Waals surface area contributed by atoms with Crippen LogP contribution >= 0.6 is 0 Å². The Kier molecular flexibility index (Phi) is 3.76. The molecular formula is C8H11NO3. The van der Waals surface area contributed by atoms with Crippen molar-refractivity contribution >= 4 is 11.9 Å². The fraction of sp³-hybridized carbons (Fsp3) is 0.250. The van der Waals surface area contributed by atoms with E-state index < -0.39 is 11.9 Å². The van der Waals surface area contributed by atoms with Gasteiger partial charge in [-0.05, 0) is 6.92 Å². The Hall–Kier alpha value is -1.58. The topological polar surface area (TPSA) is 69.4 Å². The molecule has 0 radical (unpaired) electrons. The lowest BCUT2D eigenvalue weighted by molar-refractivity contribution is -0.138. The zero-order chi connectivity index (χ0) is 9.72. The number of esters is 1. The third kappa shape index (κ3) is 2.57. The van der Waals surface area contributed by atoms with E-state index in [1.165, 1.54) is 0 Å². The molecule has 0 aliphatic carbocycles. The largest absolute Gasteiger partial charge is 0.462 e. The van der Waals surface area contributed by atoms with E-state index in [4.69, 9.17) is 5.73 Å². The first-order chi connectivity index (χ1) is 5.50. The minimum Gasteiger partial charge on any atom is -0.462 e. The second-order valence-electron chi connectivity index (χ2n) is 2.04. The number of rotatable bonds is 4. The van der Waals surface area contributed by atoms with Crippen molar-refractivity contribution in [3.63, 3.8) is 0 Å². The smallest absolute Gasteiger partial charge is 0.338 e. The molecule has 0 aromatic rings. The van der Waals surface area contributed by atoms with Gasteiger partial charge in [0.1, 0.15) is 0 Å². The van der Waals surface area contributed by atoms with E-state index in [1.54, 1.807) is 6.92 Å². The summed E-state index contributed by atoms with van der Waals surface area (Å²) in [4.78, 5) is 21.4. The Morgan fingerprint density at radius 2 is 1.83 bits per heavy atom. The normalized spacial score (nSPS) is 8.75. The van der Waals surface area contributed by atoms with E-state index >= 15 is 0 Å². The standard InChI is InChI=1S/C8H11NO3/c1-4-12-8(11)6(3)5(2)7(9)10/h2-4H2,1H3,(H2,9,10). The van der Waals surface area contributed by atoms with Crippen LogP contribution in [0.4, 0.5) is 0 Å². The molecule has 12 heavy (non-hydrogen) atoms. The third-order valence-electron chi connectivity index (χ3n) is 1.18. The zero-order valence-corrected chi connectivity index (χ0v) is 6.92. The van der Waals surface area contributed by atoms with Gasteiger partial charge in [0.25, 0.3) is 0 Å². The molecule has 0 atom stereocenters. The molecule has 0 bridgehead atoms. The second-order valence-corrected chi connectivity index (χ2v) is 2.04. The molecule has 2 N–H and O–H groups in total. The Bertz CT molecular complexity index is 243. The molecular weight excluding hydrogens is 158 g/mol. The molecule has 0 fully saturated rings. The molecule has 0 heterocycles. The maximum Gasteiger partial charge on any atom is 0.338 e. The van der Waals surface area contributed by atoms with E-state index in [0.717, 1.165) is 0 Å². The number of hydrogen-bond acceptors (Lipinski definition) is 3. The average molecular weight is 169 g/mol. The first-order valence-corrected chi connectivity index (χ1v) is 3.35. The van der Waals surface area contributed by atoms with Gasteiger partial charge in [-0.25, -0.2) is 4.79 Å². The van der Waals surface area contributed by atoms with Crippen LogP contribution in [0.3, 0.4) is 0 Å². The van der Waals surface area contributed by atoms with Crippen LogP contribution in [0.1, 0.15) is 6.92 Å². The second kappa shape index (κ2) is 4.33. The van der Waals surface area contributed by atoms with E-state index in [1.807, 2.05) is 0 Å². The molecule has 0 saturated heterocycles. The molecule has 0 aromatic heterocycles. The van der Waals surface area contributed by atoms with Crippen LogP contribution < -0.4 is 5.73 Å². The number of carbonyl (C=O) groups excluding carboxylic acids is 2. The van der Waals surface area contributed by atoms with Gasteiger partial charge in [-0.2, -0.15) is 0 Å². The summed E-state index contributed by atoms with van der Waals surface area (Å²) in [6.45, 7) is 8.48. The minimum atomic E-state index is -0.770. The Balaban J connectivity index is 4.30. The highest BCUT2D eigenvalue weighted by atomic mass is 16.5. The summed E-state index contributed by atoms with van der Waals surface area (Å²) < 4.78 is 4.57. The predicted molar refractivity (Wildman–Crippen MR) is 44.1 cm³/mol. The number of ether oxygens (including phenoxy) is 1. The molecule has 0 aromatic carbocycles. The minimum absolute atomic E-state index is 0.0932. The number of hydrogen-bond donors (Lipinski definition) is 1. The number of amides is 1. The number of nitrogens with two attached hydrogens (primary N) is 1. The van der Waals surface area contributed by atoms with Crippen LogP contribution in [0, 0.1) is 0 Å². The summed E-state index contributed by atoms with van der Waals surface area (Å²) in [6.07, 6.45) is 0. The Morgan fingerprint density at radius 1 is 1.33 bits per heavy atom. The molecule has 66 valence electrons. The lowest BCUT2D eigenvalue weighted by Gasteiger charge is -2.04. The van der Waals surface area contributed by atoms with Crippen LogP contribution in [0.2, 0.25) is 0 Å². The van der Waals surface area contributed by atoms with E-state index in [2.05, 4.69) is 17.9 Å². The SMILES string of the molecule is C=C(C(=C)C(=O)OCC)C(N)=O. The Labute approximate surface area is 70.7 Å². The van der Waals surface area contributed by atoms with E-state index in [9.17, 15) is 9.59 Å². The molecule has 1 amide bonds. The van der Waals surface area contributed by atoms with Gasteiger partial charge in [-0.3, -0.25) is 4.79 Å². The highest BCUT2D eigenvalue weighted by Crippen LogP contribution is 2.05. The van der Waals surface area contributed by atoms with Crippen molar-refractivity contribution in [2.45, 2.75) is 6.92 Å². The van der Waals surface area contributed by atoms with Crippen LogP contribution in [0.25, 0.3) is 0 Å². The highest BCUT2D eigenvalue weighted by Gasteiger charge is 2.14. The van der Waals surface area contributed by atoms with Crippen molar-refractivity contribution in [2.24, 2.45) is 5.73 Å². The Morgan fingerprint density at radius 3 is 2.17 bits per heavy atom. The van der Waals surface area contributed by atoms with Crippen LogP contribution in [0.15, 0.2) is 24.3 Å². The monoisotopic (exact) mass is 169 g/mol.